The molecule has 2 aromatic rings. The minimum absolute atomic E-state index is 0.00461. The van der Waals surface area contributed by atoms with Gasteiger partial charge in [0.15, 0.2) is 5.78 Å². The van der Waals surface area contributed by atoms with E-state index >= 15 is 0 Å². The monoisotopic (exact) mass is 352 g/mol. The van der Waals surface area contributed by atoms with E-state index in [0.717, 1.165) is 12.0 Å². The van der Waals surface area contributed by atoms with E-state index < -0.39 is 11.5 Å². The summed E-state index contributed by atoms with van der Waals surface area (Å²) in [4.78, 5) is 37.7. The maximum Gasteiger partial charge on any atom is 0.263 e. The van der Waals surface area contributed by atoms with Crippen LogP contribution in [0.15, 0.2) is 47.4 Å². The minimum atomic E-state index is -0.474. The summed E-state index contributed by atoms with van der Waals surface area (Å²) in [5, 5.41) is 2.49. The average Bonchev–Trinajstić information content (AvgIpc) is 3.35. The Balaban J connectivity index is 2.04. The highest BCUT2D eigenvalue weighted by molar-refractivity contribution is 6.00. The summed E-state index contributed by atoms with van der Waals surface area (Å²) in [5.74, 6) is 0.501. The van der Waals surface area contributed by atoms with E-state index in [-0.39, 0.29) is 17.4 Å². The average molecular weight is 352 g/mol. The zero-order chi connectivity index (χ0) is 18.8. The number of carbonyl (C=O) groups excluding carboxylic acids is 2. The molecule has 1 aliphatic carbocycles. The van der Waals surface area contributed by atoms with Crippen LogP contribution >= 0.6 is 0 Å². The van der Waals surface area contributed by atoms with Crippen molar-refractivity contribution in [2.24, 2.45) is 11.8 Å². The predicted octanol–water partition coefficient (Wildman–Crippen LogP) is 3.05. The fraction of sp³-hybridized carbons (Fsp3) is 0.381. The van der Waals surface area contributed by atoms with Gasteiger partial charge in [0.1, 0.15) is 5.56 Å². The van der Waals surface area contributed by atoms with E-state index in [2.05, 4.69) is 12.2 Å². The van der Waals surface area contributed by atoms with E-state index in [1.165, 1.54) is 17.7 Å². The molecular formula is C21H24N2O3. The third-order valence-corrected chi connectivity index (χ3v) is 5.26. The Morgan fingerprint density at radius 2 is 1.92 bits per heavy atom. The van der Waals surface area contributed by atoms with Crippen molar-refractivity contribution in [1.29, 1.82) is 0 Å². The Hall–Kier alpha value is -2.69. The van der Waals surface area contributed by atoms with Gasteiger partial charge in [0, 0.05) is 25.2 Å². The van der Waals surface area contributed by atoms with Crippen molar-refractivity contribution in [2.75, 3.05) is 7.05 Å². The van der Waals surface area contributed by atoms with Crippen LogP contribution in [0.4, 0.5) is 0 Å². The largest absolute Gasteiger partial charge is 0.355 e. The number of nitrogens with zero attached hydrogens (tertiary/aromatic N) is 1. The smallest absolute Gasteiger partial charge is 0.263 e. The van der Waals surface area contributed by atoms with E-state index in [1.807, 2.05) is 37.3 Å². The highest BCUT2D eigenvalue weighted by Crippen LogP contribution is 2.41. The molecule has 1 N–H and O–H groups in total. The summed E-state index contributed by atoms with van der Waals surface area (Å²) >= 11 is 0. The first-order chi connectivity index (χ1) is 12.4. The number of rotatable bonds is 6. The van der Waals surface area contributed by atoms with E-state index in [4.69, 9.17) is 0 Å². The van der Waals surface area contributed by atoms with Gasteiger partial charge in [-0.05, 0) is 36.8 Å². The van der Waals surface area contributed by atoms with Crippen molar-refractivity contribution >= 4 is 11.7 Å². The molecule has 0 spiro atoms. The maximum absolute atomic E-state index is 12.8. The molecule has 0 saturated heterocycles. The molecule has 5 nitrogen and oxygen atoms in total. The van der Waals surface area contributed by atoms with Crippen LogP contribution in [0.2, 0.25) is 0 Å². The Kier molecular flexibility index (Phi) is 5.07. The molecule has 0 bridgehead atoms. The molecule has 0 unspecified atom stereocenters. The lowest BCUT2D eigenvalue weighted by Gasteiger charge is -2.18. The highest BCUT2D eigenvalue weighted by Gasteiger charge is 2.34. The standard InChI is InChI=1S/C21H24N2O3/c1-13-9-16(13)11-19(24)17-10-18(20(25)22-3)21(26)23(12-17)14(2)15-7-5-4-6-8-15/h4-8,10,12-14,16H,9,11H2,1-3H3,(H,22,25)/t13-,14-,16+/m1/s1. The summed E-state index contributed by atoms with van der Waals surface area (Å²) in [6.45, 7) is 4.02. The van der Waals surface area contributed by atoms with Crippen LogP contribution in [0, 0.1) is 11.8 Å². The Morgan fingerprint density at radius 3 is 2.50 bits per heavy atom. The number of nitrogens with one attached hydrogen (secondary N) is 1. The van der Waals surface area contributed by atoms with Gasteiger partial charge >= 0.3 is 0 Å². The second-order valence-electron chi connectivity index (χ2n) is 7.12. The number of hydrogen-bond acceptors (Lipinski definition) is 3. The molecule has 1 aromatic heterocycles. The normalized spacial score (nSPS) is 19.7. The van der Waals surface area contributed by atoms with Crippen LogP contribution in [-0.2, 0) is 0 Å². The lowest BCUT2D eigenvalue weighted by Crippen LogP contribution is -2.33. The van der Waals surface area contributed by atoms with Crippen LogP contribution in [0.3, 0.4) is 0 Å². The zero-order valence-corrected chi connectivity index (χ0v) is 15.4. The van der Waals surface area contributed by atoms with Crippen molar-refractivity contribution in [2.45, 2.75) is 32.7 Å². The van der Waals surface area contributed by atoms with Gasteiger partial charge in [-0.25, -0.2) is 0 Å². The van der Waals surface area contributed by atoms with Crippen molar-refractivity contribution in [1.82, 2.24) is 9.88 Å². The van der Waals surface area contributed by atoms with E-state index in [9.17, 15) is 14.4 Å². The van der Waals surface area contributed by atoms with Crippen molar-refractivity contribution < 1.29 is 9.59 Å². The Bertz CT molecular complexity index is 886. The van der Waals surface area contributed by atoms with Gasteiger partial charge in [-0.3, -0.25) is 14.4 Å². The van der Waals surface area contributed by atoms with Crippen LogP contribution < -0.4 is 10.9 Å². The molecule has 3 rings (SSSR count). The Labute approximate surface area is 153 Å². The molecule has 1 aliphatic rings. The highest BCUT2D eigenvalue weighted by atomic mass is 16.2. The van der Waals surface area contributed by atoms with Crippen LogP contribution in [0.5, 0.6) is 0 Å². The number of aromatic nitrogens is 1. The lowest BCUT2D eigenvalue weighted by molar-refractivity contribution is 0.0961. The SMILES string of the molecule is CNC(=O)c1cc(C(=O)C[C@@H]2C[C@H]2C)cn([C@H](C)c2ccccc2)c1=O. The lowest BCUT2D eigenvalue weighted by atomic mass is 10.0. The van der Waals surface area contributed by atoms with Gasteiger partial charge < -0.3 is 9.88 Å². The Morgan fingerprint density at radius 1 is 1.27 bits per heavy atom. The molecule has 0 aliphatic heterocycles. The van der Waals surface area contributed by atoms with Gasteiger partial charge in [0.25, 0.3) is 11.5 Å². The molecular weight excluding hydrogens is 328 g/mol. The topological polar surface area (TPSA) is 68.2 Å². The maximum atomic E-state index is 12.8. The van der Waals surface area contributed by atoms with Crippen LogP contribution in [0.25, 0.3) is 0 Å². The van der Waals surface area contributed by atoms with Gasteiger partial charge in [-0.15, -0.1) is 0 Å². The third-order valence-electron chi connectivity index (χ3n) is 5.26. The summed E-state index contributed by atoms with van der Waals surface area (Å²) < 4.78 is 1.49. The first kappa shape index (κ1) is 18.1. The van der Waals surface area contributed by atoms with E-state index in [1.54, 1.807) is 6.20 Å². The van der Waals surface area contributed by atoms with Crippen molar-refractivity contribution in [3.8, 4) is 0 Å². The van der Waals surface area contributed by atoms with Crippen molar-refractivity contribution in [3.63, 3.8) is 0 Å². The number of carbonyl (C=O) groups is 2. The van der Waals surface area contributed by atoms with Crippen molar-refractivity contribution in [3.05, 3.63) is 69.6 Å². The number of Topliss-reactive ketones (excluding diaryl/α,β-unsaturated/α-hetero) is 1. The molecule has 1 fully saturated rings. The molecule has 3 atom stereocenters. The fourth-order valence-corrected chi connectivity index (χ4v) is 3.27. The summed E-state index contributed by atoms with van der Waals surface area (Å²) in [7, 11) is 1.48. The number of hydrogen-bond donors (Lipinski definition) is 1. The minimum Gasteiger partial charge on any atom is -0.355 e. The summed E-state index contributed by atoms with van der Waals surface area (Å²) in [6, 6.07) is 10.7. The fourth-order valence-electron chi connectivity index (χ4n) is 3.27. The molecule has 5 heteroatoms. The molecule has 136 valence electrons. The van der Waals surface area contributed by atoms with Crippen LogP contribution in [-0.4, -0.2) is 23.3 Å². The summed E-state index contributed by atoms with van der Waals surface area (Å²) in [5.41, 5.74) is 0.977. The first-order valence-electron chi connectivity index (χ1n) is 8.98. The number of ketones is 1. The third kappa shape index (κ3) is 3.62. The van der Waals surface area contributed by atoms with Gasteiger partial charge in [0.05, 0.1) is 6.04 Å². The summed E-state index contributed by atoms with van der Waals surface area (Å²) in [6.07, 6.45) is 3.13. The number of benzene rings is 1. The molecule has 1 aromatic carbocycles. The molecule has 0 radical (unpaired) electrons. The second-order valence-corrected chi connectivity index (χ2v) is 7.12. The molecule has 1 heterocycles. The van der Waals surface area contributed by atoms with Gasteiger partial charge in [-0.1, -0.05) is 37.3 Å². The quantitative estimate of drug-likeness (QED) is 0.813. The predicted molar refractivity (Wildman–Crippen MR) is 101 cm³/mol. The number of pyridine rings is 1. The zero-order valence-electron chi connectivity index (χ0n) is 15.4. The molecule has 26 heavy (non-hydrogen) atoms. The van der Waals surface area contributed by atoms with E-state index in [0.29, 0.717) is 23.8 Å². The molecule has 1 amide bonds. The second kappa shape index (κ2) is 7.28. The van der Waals surface area contributed by atoms with Crippen LogP contribution in [0.1, 0.15) is 59.0 Å². The van der Waals surface area contributed by atoms with Gasteiger partial charge in [-0.2, -0.15) is 0 Å². The first-order valence-corrected chi connectivity index (χ1v) is 8.98. The molecule has 1 saturated carbocycles. The van der Waals surface area contributed by atoms with Gasteiger partial charge in [0.2, 0.25) is 0 Å². The number of amides is 1.